The quantitative estimate of drug-likeness (QED) is 0.805. The minimum atomic E-state index is -0.602. The van der Waals surface area contributed by atoms with Crippen LogP contribution in [0.3, 0.4) is 0 Å². The molecule has 3 unspecified atom stereocenters. The van der Waals surface area contributed by atoms with Gasteiger partial charge in [-0.05, 0) is 57.0 Å². The number of carboxylic acid groups (broad SMARTS) is 1. The number of likely N-dealkylation sites (tertiary alicyclic amines) is 1. The van der Waals surface area contributed by atoms with Crippen LogP contribution in [0.1, 0.15) is 46.0 Å². The molecule has 0 bridgehead atoms. The van der Waals surface area contributed by atoms with Crippen molar-refractivity contribution in [3.63, 3.8) is 0 Å². The van der Waals surface area contributed by atoms with Crippen molar-refractivity contribution in [3.05, 3.63) is 0 Å². The highest BCUT2D eigenvalue weighted by molar-refractivity contribution is 5.70. The second kappa shape index (κ2) is 5.38. The number of rotatable bonds is 2. The molecule has 2 rings (SSSR count). The predicted octanol–water partition coefficient (Wildman–Crippen LogP) is 2.61. The fourth-order valence-electron chi connectivity index (χ4n) is 3.36. The summed E-state index contributed by atoms with van der Waals surface area (Å²) in [5.74, 6) is 0.996. The molecule has 1 aliphatic carbocycles. The molecule has 2 fully saturated rings. The number of hydrogen-bond acceptors (Lipinski definition) is 2. The second-order valence-corrected chi connectivity index (χ2v) is 6.07. The lowest BCUT2D eigenvalue weighted by Gasteiger charge is -2.42. The zero-order valence-corrected chi connectivity index (χ0v) is 11.1. The van der Waals surface area contributed by atoms with Gasteiger partial charge in [-0.3, -0.25) is 4.79 Å². The molecule has 1 heterocycles. The molecule has 0 spiro atoms. The van der Waals surface area contributed by atoms with E-state index in [0.29, 0.717) is 0 Å². The number of hydrogen-bond donors (Lipinski definition) is 1. The smallest absolute Gasteiger partial charge is 0.306 e. The summed E-state index contributed by atoms with van der Waals surface area (Å²) in [6, 6.07) is 0.718. The Bertz CT molecular complexity index is 271. The van der Waals surface area contributed by atoms with Crippen LogP contribution < -0.4 is 0 Å². The topological polar surface area (TPSA) is 40.5 Å². The van der Waals surface area contributed by atoms with Gasteiger partial charge in [0.05, 0.1) is 5.92 Å². The Kier molecular flexibility index (Phi) is 4.08. The lowest BCUT2D eigenvalue weighted by Crippen LogP contribution is -2.45. The lowest BCUT2D eigenvalue weighted by atomic mass is 9.78. The number of piperidine rings is 1. The first-order valence-electron chi connectivity index (χ1n) is 7.04. The molecule has 3 nitrogen and oxygen atoms in total. The fourth-order valence-corrected chi connectivity index (χ4v) is 3.36. The van der Waals surface area contributed by atoms with Gasteiger partial charge in [-0.2, -0.15) is 0 Å². The van der Waals surface area contributed by atoms with Gasteiger partial charge in [0.1, 0.15) is 0 Å². The first-order chi connectivity index (χ1) is 8.08. The first kappa shape index (κ1) is 12.9. The summed E-state index contributed by atoms with van der Waals surface area (Å²) in [6.45, 7) is 6.70. The normalized spacial score (nSPS) is 36.9. The average Bonchev–Trinajstić information content (AvgIpc) is 2.33. The molecule has 3 heteroatoms. The molecule has 98 valence electrons. The van der Waals surface area contributed by atoms with Crippen molar-refractivity contribution >= 4 is 5.97 Å². The molecule has 1 aliphatic heterocycles. The summed E-state index contributed by atoms with van der Waals surface area (Å²) in [6.07, 6.45) is 5.64. The van der Waals surface area contributed by atoms with Crippen LogP contribution in [-0.4, -0.2) is 35.1 Å². The number of nitrogens with zero attached hydrogens (tertiary/aromatic N) is 1. The van der Waals surface area contributed by atoms with Crippen molar-refractivity contribution in [3.8, 4) is 0 Å². The van der Waals surface area contributed by atoms with Crippen molar-refractivity contribution < 1.29 is 9.90 Å². The standard InChI is InChI=1S/C14H25NO2/c1-10-3-4-13(9-11(10)2)15-7-5-12(6-8-15)14(16)17/h10-13H,3-9H2,1-2H3,(H,16,17). The molecule has 0 amide bonds. The largest absolute Gasteiger partial charge is 0.481 e. The minimum absolute atomic E-state index is 0.0915. The molecule has 0 radical (unpaired) electrons. The first-order valence-corrected chi connectivity index (χ1v) is 7.04. The van der Waals surface area contributed by atoms with Crippen LogP contribution in [0.25, 0.3) is 0 Å². The van der Waals surface area contributed by atoms with E-state index in [1.165, 1.54) is 19.3 Å². The van der Waals surface area contributed by atoms with E-state index in [1.54, 1.807) is 0 Å². The van der Waals surface area contributed by atoms with Gasteiger partial charge in [0, 0.05) is 6.04 Å². The molecule has 0 aromatic rings. The SMILES string of the molecule is CC1CCC(N2CCC(C(=O)O)CC2)CC1C. The maximum absolute atomic E-state index is 10.9. The highest BCUT2D eigenvalue weighted by Crippen LogP contribution is 2.33. The van der Waals surface area contributed by atoms with Crippen LogP contribution in [-0.2, 0) is 4.79 Å². The van der Waals surface area contributed by atoms with Crippen molar-refractivity contribution in [2.24, 2.45) is 17.8 Å². The van der Waals surface area contributed by atoms with Crippen LogP contribution in [0.15, 0.2) is 0 Å². The summed E-state index contributed by atoms with van der Waals surface area (Å²) in [5.41, 5.74) is 0. The lowest BCUT2D eigenvalue weighted by molar-refractivity contribution is -0.143. The number of carbonyl (C=O) groups is 1. The van der Waals surface area contributed by atoms with E-state index in [0.717, 1.165) is 43.8 Å². The molecule has 2 aliphatic rings. The van der Waals surface area contributed by atoms with E-state index in [1.807, 2.05) is 0 Å². The average molecular weight is 239 g/mol. The number of aliphatic carboxylic acids is 1. The van der Waals surface area contributed by atoms with E-state index in [-0.39, 0.29) is 5.92 Å². The van der Waals surface area contributed by atoms with Crippen molar-refractivity contribution in [1.82, 2.24) is 4.90 Å². The van der Waals surface area contributed by atoms with E-state index in [2.05, 4.69) is 18.7 Å². The van der Waals surface area contributed by atoms with Gasteiger partial charge in [0.25, 0.3) is 0 Å². The minimum Gasteiger partial charge on any atom is -0.481 e. The van der Waals surface area contributed by atoms with Gasteiger partial charge in [0.2, 0.25) is 0 Å². The van der Waals surface area contributed by atoms with Gasteiger partial charge in [-0.15, -0.1) is 0 Å². The third kappa shape index (κ3) is 3.01. The van der Waals surface area contributed by atoms with Gasteiger partial charge in [0.15, 0.2) is 0 Å². The van der Waals surface area contributed by atoms with Crippen molar-refractivity contribution in [1.29, 1.82) is 0 Å². The van der Waals surface area contributed by atoms with Crippen LogP contribution >= 0.6 is 0 Å². The van der Waals surface area contributed by atoms with E-state index in [4.69, 9.17) is 5.11 Å². The molecule has 17 heavy (non-hydrogen) atoms. The molecule has 0 aromatic heterocycles. The van der Waals surface area contributed by atoms with Crippen molar-refractivity contribution in [2.75, 3.05) is 13.1 Å². The third-order valence-corrected chi connectivity index (χ3v) is 4.97. The Labute approximate surface area is 104 Å². The summed E-state index contributed by atoms with van der Waals surface area (Å²) in [4.78, 5) is 13.5. The zero-order chi connectivity index (χ0) is 12.4. The molecule has 0 aromatic carbocycles. The highest BCUT2D eigenvalue weighted by Gasteiger charge is 2.32. The molecule has 1 saturated carbocycles. The van der Waals surface area contributed by atoms with Gasteiger partial charge >= 0.3 is 5.97 Å². The summed E-state index contributed by atoms with van der Waals surface area (Å²) < 4.78 is 0. The van der Waals surface area contributed by atoms with Crippen LogP contribution in [0.2, 0.25) is 0 Å². The predicted molar refractivity (Wildman–Crippen MR) is 67.9 cm³/mol. The van der Waals surface area contributed by atoms with Gasteiger partial charge < -0.3 is 10.0 Å². The molecular weight excluding hydrogens is 214 g/mol. The van der Waals surface area contributed by atoms with E-state index < -0.39 is 5.97 Å². The van der Waals surface area contributed by atoms with E-state index >= 15 is 0 Å². The summed E-state index contributed by atoms with van der Waals surface area (Å²) >= 11 is 0. The second-order valence-electron chi connectivity index (χ2n) is 6.07. The maximum Gasteiger partial charge on any atom is 0.306 e. The third-order valence-electron chi connectivity index (χ3n) is 4.97. The summed E-state index contributed by atoms with van der Waals surface area (Å²) in [5, 5.41) is 8.99. The Morgan fingerprint density at radius 1 is 1.06 bits per heavy atom. The Hall–Kier alpha value is -0.570. The van der Waals surface area contributed by atoms with Crippen LogP contribution in [0.5, 0.6) is 0 Å². The molecule has 1 saturated heterocycles. The molecular formula is C14H25NO2. The zero-order valence-electron chi connectivity index (χ0n) is 11.1. The van der Waals surface area contributed by atoms with Crippen LogP contribution in [0.4, 0.5) is 0 Å². The highest BCUT2D eigenvalue weighted by atomic mass is 16.4. The number of carboxylic acids is 1. The Morgan fingerprint density at radius 2 is 1.71 bits per heavy atom. The van der Waals surface area contributed by atoms with Crippen LogP contribution in [0, 0.1) is 17.8 Å². The fraction of sp³-hybridized carbons (Fsp3) is 0.929. The monoisotopic (exact) mass is 239 g/mol. The van der Waals surface area contributed by atoms with Crippen molar-refractivity contribution in [2.45, 2.75) is 52.0 Å². The van der Waals surface area contributed by atoms with Gasteiger partial charge in [-0.25, -0.2) is 0 Å². The molecule has 3 atom stereocenters. The maximum atomic E-state index is 10.9. The molecule has 1 N–H and O–H groups in total. The Balaban J connectivity index is 1.83. The Morgan fingerprint density at radius 3 is 2.24 bits per heavy atom. The van der Waals surface area contributed by atoms with E-state index in [9.17, 15) is 4.79 Å². The van der Waals surface area contributed by atoms with Gasteiger partial charge in [-0.1, -0.05) is 13.8 Å². The summed E-state index contributed by atoms with van der Waals surface area (Å²) in [7, 11) is 0.